The summed E-state index contributed by atoms with van der Waals surface area (Å²) >= 11 is 6.67. The third-order valence-electron chi connectivity index (χ3n) is 3.86. The van der Waals surface area contributed by atoms with Gasteiger partial charge in [0.2, 0.25) is 0 Å². The molecule has 0 aliphatic heterocycles. The van der Waals surface area contributed by atoms with E-state index in [0.717, 1.165) is 15.6 Å². The largest absolute Gasteiger partial charge is 0.488 e. The lowest BCUT2D eigenvalue weighted by atomic mass is 10.2. The summed E-state index contributed by atoms with van der Waals surface area (Å²) in [4.78, 5) is 12.4. The molecule has 0 atom stereocenters. The first-order valence-electron chi connectivity index (χ1n) is 8.38. The summed E-state index contributed by atoms with van der Waals surface area (Å²) in [5.74, 6) is 0.271. The van der Waals surface area contributed by atoms with E-state index in [0.29, 0.717) is 28.1 Å². The summed E-state index contributed by atoms with van der Waals surface area (Å²) in [6, 6.07) is 20.8. The third-order valence-corrected chi connectivity index (χ3v) is 4.98. The zero-order chi connectivity index (χ0) is 19.9. The monoisotopic (exact) mass is 501 g/mol. The average molecular weight is 503 g/mol. The number of amides is 1. The molecule has 0 spiro atoms. The van der Waals surface area contributed by atoms with Crippen molar-refractivity contribution in [2.45, 2.75) is 6.61 Å². The van der Waals surface area contributed by atoms with E-state index in [1.165, 1.54) is 0 Å². The molecule has 142 valence electrons. The molecule has 0 heterocycles. The number of nitrogens with two attached hydrogens (primary N) is 1. The molecule has 0 aromatic heterocycles. The highest BCUT2D eigenvalue weighted by Gasteiger charge is 2.12. The first-order chi connectivity index (χ1) is 13.5. The second-order valence-electron chi connectivity index (χ2n) is 5.86. The molecule has 0 bridgehead atoms. The van der Waals surface area contributed by atoms with Gasteiger partial charge in [0.25, 0.3) is 5.91 Å². The normalized spacial score (nSPS) is 10.8. The molecule has 0 aliphatic rings. The van der Waals surface area contributed by atoms with Crippen molar-refractivity contribution in [1.29, 1.82) is 0 Å². The van der Waals surface area contributed by atoms with Crippen molar-refractivity contribution >= 4 is 49.7 Å². The van der Waals surface area contributed by atoms with Gasteiger partial charge in [-0.15, -0.1) is 0 Å². The number of carbonyl (C=O) groups excluding carboxylic acids is 1. The Bertz CT molecular complexity index is 1010. The van der Waals surface area contributed by atoms with Crippen LogP contribution in [0.25, 0.3) is 0 Å². The van der Waals surface area contributed by atoms with E-state index in [4.69, 9.17) is 10.5 Å². The summed E-state index contributed by atoms with van der Waals surface area (Å²) in [6.07, 6.45) is 1.54. The molecule has 0 saturated heterocycles. The number of ether oxygens (including phenoxy) is 1. The lowest BCUT2D eigenvalue weighted by Gasteiger charge is -2.09. The molecule has 7 heteroatoms. The van der Waals surface area contributed by atoms with E-state index < -0.39 is 5.91 Å². The third kappa shape index (κ3) is 5.21. The average Bonchev–Trinajstić information content (AvgIpc) is 2.70. The van der Waals surface area contributed by atoms with Gasteiger partial charge in [-0.2, -0.15) is 5.10 Å². The lowest BCUT2D eigenvalue weighted by molar-refractivity contribution is 0.0956. The molecule has 3 N–H and O–H groups in total. The number of hydrogen-bond acceptors (Lipinski definition) is 4. The number of halogens is 2. The van der Waals surface area contributed by atoms with Gasteiger partial charge < -0.3 is 10.5 Å². The second-order valence-corrected chi connectivity index (χ2v) is 7.63. The van der Waals surface area contributed by atoms with Crippen molar-refractivity contribution in [3.05, 3.63) is 92.4 Å². The van der Waals surface area contributed by atoms with Crippen LogP contribution in [0, 0.1) is 0 Å². The number of hydrazone groups is 1. The summed E-state index contributed by atoms with van der Waals surface area (Å²) in [6.45, 7) is 0.445. The molecule has 0 unspecified atom stereocenters. The fourth-order valence-corrected chi connectivity index (χ4v) is 3.67. The Hall–Kier alpha value is -2.64. The maximum atomic E-state index is 12.4. The molecule has 3 aromatic carbocycles. The molecular formula is C21H17Br2N3O2. The van der Waals surface area contributed by atoms with Crippen LogP contribution in [0.15, 0.2) is 80.8 Å². The number of nitrogens with zero attached hydrogens (tertiary/aromatic N) is 1. The Morgan fingerprint density at radius 1 is 1.07 bits per heavy atom. The lowest BCUT2D eigenvalue weighted by Crippen LogP contribution is -2.19. The topological polar surface area (TPSA) is 76.7 Å². The molecule has 28 heavy (non-hydrogen) atoms. The number of benzene rings is 3. The van der Waals surface area contributed by atoms with E-state index in [1.54, 1.807) is 18.3 Å². The molecular weight excluding hydrogens is 486 g/mol. The van der Waals surface area contributed by atoms with Gasteiger partial charge in [0.15, 0.2) is 0 Å². The predicted molar refractivity (Wildman–Crippen MR) is 119 cm³/mol. The molecule has 0 saturated carbocycles. The number of nitrogen functional groups attached to an aromatic ring is 1. The first-order valence-corrected chi connectivity index (χ1v) is 9.97. The molecule has 3 rings (SSSR count). The fraction of sp³-hybridized carbons (Fsp3) is 0.0476. The highest BCUT2D eigenvalue weighted by molar-refractivity contribution is 9.11. The number of nitrogens with one attached hydrogen (secondary N) is 1. The zero-order valence-electron chi connectivity index (χ0n) is 14.7. The van der Waals surface area contributed by atoms with Crippen LogP contribution in [0.5, 0.6) is 5.75 Å². The number of anilines is 1. The van der Waals surface area contributed by atoms with E-state index in [-0.39, 0.29) is 0 Å². The molecule has 1 amide bonds. The van der Waals surface area contributed by atoms with Crippen LogP contribution in [0.3, 0.4) is 0 Å². The van der Waals surface area contributed by atoms with E-state index >= 15 is 0 Å². The van der Waals surface area contributed by atoms with Gasteiger partial charge in [-0.3, -0.25) is 4.79 Å². The molecule has 3 aromatic rings. The van der Waals surface area contributed by atoms with Crippen LogP contribution in [-0.4, -0.2) is 12.1 Å². The van der Waals surface area contributed by atoms with Crippen molar-refractivity contribution in [2.75, 3.05) is 5.73 Å². The standard InChI is InChI=1S/C21H17Br2N3O2/c22-16-10-17(20(24)18(23)11-16)21(27)26-25-12-15-8-4-5-9-19(15)28-13-14-6-2-1-3-7-14/h1-12H,13,24H2,(H,26,27). The minimum atomic E-state index is -0.404. The maximum Gasteiger partial charge on any atom is 0.273 e. The number of hydrogen-bond donors (Lipinski definition) is 2. The fourth-order valence-electron chi connectivity index (χ4n) is 2.45. The Morgan fingerprint density at radius 3 is 2.57 bits per heavy atom. The Morgan fingerprint density at radius 2 is 1.79 bits per heavy atom. The van der Waals surface area contributed by atoms with Gasteiger partial charge in [0.05, 0.1) is 17.5 Å². The van der Waals surface area contributed by atoms with Crippen molar-refractivity contribution in [3.8, 4) is 5.75 Å². The van der Waals surface area contributed by atoms with Gasteiger partial charge >= 0.3 is 0 Å². The van der Waals surface area contributed by atoms with Crippen LogP contribution in [-0.2, 0) is 6.61 Å². The summed E-state index contributed by atoms with van der Waals surface area (Å²) in [5.41, 5.74) is 10.9. The van der Waals surface area contributed by atoms with Crippen LogP contribution in [0.2, 0.25) is 0 Å². The maximum absolute atomic E-state index is 12.4. The van der Waals surface area contributed by atoms with Crippen LogP contribution in [0.4, 0.5) is 5.69 Å². The predicted octanol–water partition coefficient (Wildman–Crippen LogP) is 5.14. The highest BCUT2D eigenvalue weighted by atomic mass is 79.9. The molecule has 5 nitrogen and oxygen atoms in total. The van der Waals surface area contributed by atoms with Crippen molar-refractivity contribution in [2.24, 2.45) is 5.10 Å². The SMILES string of the molecule is Nc1c(Br)cc(Br)cc1C(=O)NN=Cc1ccccc1OCc1ccccc1. The Kier molecular flexibility index (Phi) is 6.84. The van der Waals surface area contributed by atoms with Crippen molar-refractivity contribution < 1.29 is 9.53 Å². The van der Waals surface area contributed by atoms with Crippen molar-refractivity contribution in [1.82, 2.24) is 5.43 Å². The quantitative estimate of drug-likeness (QED) is 0.278. The Balaban J connectivity index is 1.68. The number of rotatable bonds is 6. The smallest absolute Gasteiger partial charge is 0.273 e. The van der Waals surface area contributed by atoms with E-state index in [9.17, 15) is 4.79 Å². The van der Waals surface area contributed by atoms with Crippen LogP contribution >= 0.6 is 31.9 Å². The number of carbonyl (C=O) groups is 1. The number of para-hydroxylation sites is 1. The van der Waals surface area contributed by atoms with Gasteiger partial charge in [-0.25, -0.2) is 5.43 Å². The minimum Gasteiger partial charge on any atom is -0.488 e. The van der Waals surface area contributed by atoms with Gasteiger partial charge in [0, 0.05) is 14.5 Å². The van der Waals surface area contributed by atoms with Crippen LogP contribution < -0.4 is 15.9 Å². The molecule has 0 radical (unpaired) electrons. The van der Waals surface area contributed by atoms with Gasteiger partial charge in [0.1, 0.15) is 12.4 Å². The molecule has 0 aliphatic carbocycles. The summed E-state index contributed by atoms with van der Waals surface area (Å²) in [5, 5.41) is 4.04. The first kappa shape index (κ1) is 20.1. The van der Waals surface area contributed by atoms with Gasteiger partial charge in [-0.1, -0.05) is 58.4 Å². The Labute approximate surface area is 179 Å². The highest BCUT2D eigenvalue weighted by Crippen LogP contribution is 2.28. The van der Waals surface area contributed by atoms with Crippen molar-refractivity contribution in [3.63, 3.8) is 0 Å². The zero-order valence-corrected chi connectivity index (χ0v) is 17.9. The minimum absolute atomic E-state index is 0.326. The van der Waals surface area contributed by atoms with Crippen LogP contribution in [0.1, 0.15) is 21.5 Å². The van der Waals surface area contributed by atoms with Gasteiger partial charge in [-0.05, 0) is 45.8 Å². The summed E-state index contributed by atoms with van der Waals surface area (Å²) < 4.78 is 7.25. The molecule has 0 fully saturated rings. The second kappa shape index (κ2) is 9.52. The summed E-state index contributed by atoms with van der Waals surface area (Å²) in [7, 11) is 0. The van der Waals surface area contributed by atoms with E-state index in [2.05, 4.69) is 42.4 Å². The van der Waals surface area contributed by atoms with E-state index in [1.807, 2.05) is 54.6 Å².